The fourth-order valence-electron chi connectivity index (χ4n) is 13.4. The summed E-state index contributed by atoms with van der Waals surface area (Å²) in [6, 6.07) is 107. The minimum atomic E-state index is 0.888. The zero-order valence-corrected chi connectivity index (χ0v) is 44.5. The molecule has 2 aromatic heterocycles. The summed E-state index contributed by atoms with van der Waals surface area (Å²) in [7, 11) is 0. The van der Waals surface area contributed by atoms with E-state index in [2.05, 4.69) is 279 Å². The van der Waals surface area contributed by atoms with Gasteiger partial charge in [0, 0.05) is 21.5 Å². The molecular formula is C80H48O2. The third-order valence-electron chi connectivity index (χ3n) is 17.2. The van der Waals surface area contributed by atoms with Gasteiger partial charge >= 0.3 is 0 Å². The monoisotopic (exact) mass is 1040 g/mol. The Labute approximate surface area is 473 Å². The van der Waals surface area contributed by atoms with Crippen LogP contribution in [-0.4, -0.2) is 0 Å². The molecule has 0 aliphatic heterocycles. The van der Waals surface area contributed by atoms with Crippen molar-refractivity contribution in [2.45, 2.75) is 0 Å². The second kappa shape index (κ2) is 18.4. The maximum atomic E-state index is 6.39. The number of para-hydroxylation sites is 2. The lowest BCUT2D eigenvalue weighted by Crippen LogP contribution is -1.93. The highest BCUT2D eigenvalue weighted by Gasteiger charge is 2.22. The average Bonchev–Trinajstić information content (AvgIpc) is 2.26. The first kappa shape index (κ1) is 46.1. The van der Waals surface area contributed by atoms with Crippen LogP contribution >= 0.6 is 0 Å². The minimum Gasteiger partial charge on any atom is -0.456 e. The Morgan fingerprint density at radius 3 is 1.01 bits per heavy atom. The number of fused-ring (bicyclic) bond motifs is 11. The van der Waals surface area contributed by atoms with Crippen LogP contribution < -0.4 is 0 Å². The second-order valence-electron chi connectivity index (χ2n) is 21.8. The highest BCUT2D eigenvalue weighted by Crippen LogP contribution is 2.49. The minimum absolute atomic E-state index is 0.888. The van der Waals surface area contributed by atoms with Crippen LogP contribution in [0.25, 0.3) is 176 Å². The van der Waals surface area contributed by atoms with E-state index in [-0.39, 0.29) is 0 Å². The van der Waals surface area contributed by atoms with Gasteiger partial charge in [-0.3, -0.25) is 0 Å². The quantitative estimate of drug-likeness (QED) is 0.149. The summed E-state index contributed by atoms with van der Waals surface area (Å²) in [5, 5.41) is 16.6. The van der Waals surface area contributed by atoms with E-state index < -0.39 is 0 Å². The van der Waals surface area contributed by atoms with E-state index in [0.717, 1.165) is 77.3 Å². The lowest BCUT2D eigenvalue weighted by atomic mass is 9.83. The Morgan fingerprint density at radius 1 is 0.146 bits per heavy atom. The molecule has 0 atom stereocenters. The van der Waals surface area contributed by atoms with Crippen molar-refractivity contribution < 1.29 is 8.83 Å². The van der Waals surface area contributed by atoms with Gasteiger partial charge in [0.1, 0.15) is 22.3 Å². The number of rotatable bonds is 7. The van der Waals surface area contributed by atoms with Gasteiger partial charge in [-0.15, -0.1) is 0 Å². The molecule has 0 fully saturated rings. The van der Waals surface area contributed by atoms with E-state index >= 15 is 0 Å². The van der Waals surface area contributed by atoms with Crippen molar-refractivity contribution in [1.29, 1.82) is 0 Å². The second-order valence-corrected chi connectivity index (χ2v) is 21.8. The Balaban J connectivity index is 0.883. The molecule has 0 bridgehead atoms. The van der Waals surface area contributed by atoms with Crippen molar-refractivity contribution in [1.82, 2.24) is 0 Å². The first-order chi connectivity index (χ1) is 40.6. The van der Waals surface area contributed by atoms with Crippen molar-refractivity contribution in [3.05, 3.63) is 291 Å². The molecule has 17 rings (SSSR count). The number of benzene rings is 15. The summed E-state index contributed by atoms with van der Waals surface area (Å²) in [5.74, 6) is 0. The molecular weight excluding hydrogens is 993 g/mol. The van der Waals surface area contributed by atoms with E-state index in [4.69, 9.17) is 8.83 Å². The first-order valence-corrected chi connectivity index (χ1v) is 28.2. The predicted molar refractivity (Wildman–Crippen MR) is 347 cm³/mol. The van der Waals surface area contributed by atoms with Crippen LogP contribution in [0.2, 0.25) is 0 Å². The van der Waals surface area contributed by atoms with Crippen molar-refractivity contribution in [3.8, 4) is 77.9 Å². The SMILES string of the molecule is c1ccc(-c2ccc3c(-c4ccc5oc6ccccc6c5c4)c4ccc(-c5cccc(-c6ccc7c(-c8ccc9oc%10ccccc%10c9c8)c8ccccc8c(-c8ccc9ccccc9c8)c7c6)c5)cc4c(-c4ccccc4)c3c2)cc1. The van der Waals surface area contributed by atoms with Crippen molar-refractivity contribution in [2.24, 2.45) is 0 Å². The summed E-state index contributed by atoms with van der Waals surface area (Å²) in [4.78, 5) is 0. The third-order valence-corrected chi connectivity index (χ3v) is 17.2. The lowest BCUT2D eigenvalue weighted by molar-refractivity contribution is 0.668. The number of hydrogen-bond acceptors (Lipinski definition) is 2. The van der Waals surface area contributed by atoms with E-state index in [9.17, 15) is 0 Å². The molecule has 82 heavy (non-hydrogen) atoms. The maximum absolute atomic E-state index is 6.39. The van der Waals surface area contributed by atoms with Crippen LogP contribution in [0.3, 0.4) is 0 Å². The molecule has 0 spiro atoms. The molecule has 2 nitrogen and oxygen atoms in total. The van der Waals surface area contributed by atoms with Crippen LogP contribution in [0.15, 0.2) is 300 Å². The maximum Gasteiger partial charge on any atom is 0.135 e. The first-order valence-electron chi connectivity index (χ1n) is 28.2. The third kappa shape index (κ3) is 7.35. The van der Waals surface area contributed by atoms with Crippen molar-refractivity contribution >= 4 is 97.7 Å². The molecule has 0 saturated heterocycles. The zero-order valence-electron chi connectivity index (χ0n) is 44.5. The summed E-state index contributed by atoms with van der Waals surface area (Å²) in [6.07, 6.45) is 0. The van der Waals surface area contributed by atoms with E-state index in [0.29, 0.717) is 0 Å². The van der Waals surface area contributed by atoms with Gasteiger partial charge in [-0.1, -0.05) is 224 Å². The summed E-state index contributed by atoms with van der Waals surface area (Å²) >= 11 is 0. The van der Waals surface area contributed by atoms with E-state index in [1.165, 1.54) is 98.4 Å². The smallest absolute Gasteiger partial charge is 0.135 e. The van der Waals surface area contributed by atoms with Crippen LogP contribution in [0.1, 0.15) is 0 Å². The van der Waals surface area contributed by atoms with Gasteiger partial charge in [0.15, 0.2) is 0 Å². The van der Waals surface area contributed by atoms with E-state index in [1.54, 1.807) is 0 Å². The number of hydrogen-bond donors (Lipinski definition) is 0. The molecule has 0 amide bonds. The standard InChI is InChI=1S/C80H48O2/c1-3-16-49(17-4-1)55-32-37-65-70(44-55)77(51-19-5-2-6-20-51)71-45-56(33-38-66(71)79(65)60-36-41-76-69(48-60)62-25-12-14-29-74(62)82-76)53-22-15-23-54(42-53)57-34-39-67-72(46-57)80(58-31-30-50-18-7-8-21-52(50)43-58)64-27-10-9-26-63(64)78(67)59-35-40-75-68(47-59)61-24-11-13-28-73(61)81-75/h1-48H. The average molecular weight is 1040 g/mol. The Hall–Kier alpha value is -10.8. The van der Waals surface area contributed by atoms with Crippen molar-refractivity contribution in [2.75, 3.05) is 0 Å². The van der Waals surface area contributed by atoms with E-state index in [1.807, 2.05) is 12.1 Å². The molecule has 2 heterocycles. The highest BCUT2D eigenvalue weighted by atomic mass is 16.3. The summed E-state index contributed by atoms with van der Waals surface area (Å²) < 4.78 is 12.7. The molecule has 0 radical (unpaired) electrons. The summed E-state index contributed by atoms with van der Waals surface area (Å²) in [5.41, 5.74) is 20.1. The predicted octanol–water partition coefficient (Wildman–Crippen LogP) is 22.9. The van der Waals surface area contributed by atoms with Crippen LogP contribution in [0.4, 0.5) is 0 Å². The van der Waals surface area contributed by atoms with Gasteiger partial charge in [0.05, 0.1) is 0 Å². The van der Waals surface area contributed by atoms with Gasteiger partial charge in [-0.05, 0) is 198 Å². The molecule has 0 aliphatic rings. The Kier molecular flexibility index (Phi) is 10.3. The normalized spacial score (nSPS) is 11.9. The Morgan fingerprint density at radius 2 is 0.476 bits per heavy atom. The zero-order chi connectivity index (χ0) is 53.8. The topological polar surface area (TPSA) is 26.3 Å². The highest BCUT2D eigenvalue weighted by molar-refractivity contribution is 6.25. The van der Waals surface area contributed by atoms with Gasteiger partial charge in [0.25, 0.3) is 0 Å². The molecule has 2 heteroatoms. The van der Waals surface area contributed by atoms with Crippen LogP contribution in [0, 0.1) is 0 Å². The lowest BCUT2D eigenvalue weighted by Gasteiger charge is -2.20. The fraction of sp³-hybridized carbons (Fsp3) is 0. The largest absolute Gasteiger partial charge is 0.456 e. The van der Waals surface area contributed by atoms with Gasteiger partial charge in [-0.25, -0.2) is 0 Å². The molecule has 0 unspecified atom stereocenters. The number of furan rings is 2. The molecule has 380 valence electrons. The fourth-order valence-corrected chi connectivity index (χ4v) is 13.4. The van der Waals surface area contributed by atoms with Gasteiger partial charge in [-0.2, -0.15) is 0 Å². The molecule has 15 aromatic carbocycles. The van der Waals surface area contributed by atoms with Gasteiger partial charge in [0.2, 0.25) is 0 Å². The molecule has 17 aromatic rings. The molecule has 0 aliphatic carbocycles. The van der Waals surface area contributed by atoms with Gasteiger partial charge < -0.3 is 8.83 Å². The van der Waals surface area contributed by atoms with Crippen LogP contribution in [0.5, 0.6) is 0 Å². The van der Waals surface area contributed by atoms with Crippen molar-refractivity contribution in [3.63, 3.8) is 0 Å². The Bertz CT molecular complexity index is 5450. The summed E-state index contributed by atoms with van der Waals surface area (Å²) in [6.45, 7) is 0. The van der Waals surface area contributed by atoms with Crippen LogP contribution in [-0.2, 0) is 0 Å². The molecule has 0 N–H and O–H groups in total. The molecule has 0 saturated carbocycles.